The Morgan fingerprint density at radius 2 is 1.53 bits per heavy atom. The van der Waals surface area contributed by atoms with Gasteiger partial charge >= 0.3 is 11.9 Å². The Morgan fingerprint density at radius 3 is 2.26 bits per heavy atom. The standard InChI is InChI=1S/C38H40O5/c1-38(2,3)43-36(39)24-15-17-30-32(21-24)33-22-26(28-13-9-10-14-31(28)37(40)42-5)19-25-20-27(41-4)16-18-29(25)35(33)34(30)23-11-7-6-8-12-23/h9-10,13-21,23,33H,6-8,11-12,22H2,1-5H3. The summed E-state index contributed by atoms with van der Waals surface area (Å²) in [6, 6.07) is 20.1. The minimum absolute atomic E-state index is 0.0147. The quantitative estimate of drug-likeness (QED) is 0.284. The van der Waals surface area contributed by atoms with E-state index in [0.717, 1.165) is 40.9 Å². The van der Waals surface area contributed by atoms with E-state index in [2.05, 4.69) is 30.3 Å². The van der Waals surface area contributed by atoms with E-state index in [1.165, 1.54) is 48.6 Å². The van der Waals surface area contributed by atoms with Crippen LogP contribution in [-0.2, 0) is 9.47 Å². The van der Waals surface area contributed by atoms with Gasteiger partial charge in [-0.2, -0.15) is 0 Å². The normalized spacial score (nSPS) is 18.2. The lowest BCUT2D eigenvalue weighted by Crippen LogP contribution is -2.24. The van der Waals surface area contributed by atoms with Gasteiger partial charge in [-0.15, -0.1) is 0 Å². The second-order valence-corrected chi connectivity index (χ2v) is 12.9. The molecule has 0 bridgehead atoms. The van der Waals surface area contributed by atoms with Gasteiger partial charge in [-0.25, -0.2) is 9.59 Å². The molecule has 222 valence electrons. The zero-order chi connectivity index (χ0) is 30.3. The van der Waals surface area contributed by atoms with E-state index in [9.17, 15) is 9.59 Å². The molecular formula is C38H40O5. The molecule has 0 aliphatic heterocycles. The summed E-state index contributed by atoms with van der Waals surface area (Å²) in [5, 5.41) is 0. The maximum absolute atomic E-state index is 13.3. The van der Waals surface area contributed by atoms with Gasteiger partial charge in [-0.3, -0.25) is 0 Å². The predicted octanol–water partition coefficient (Wildman–Crippen LogP) is 8.97. The molecule has 3 aromatic rings. The minimum Gasteiger partial charge on any atom is -0.497 e. The molecule has 0 saturated heterocycles. The highest BCUT2D eigenvalue weighted by Crippen LogP contribution is 2.57. The van der Waals surface area contributed by atoms with Gasteiger partial charge in [0.1, 0.15) is 11.4 Å². The van der Waals surface area contributed by atoms with Crippen molar-refractivity contribution in [2.24, 2.45) is 5.92 Å². The maximum Gasteiger partial charge on any atom is 0.338 e. The molecule has 1 unspecified atom stereocenters. The lowest BCUT2D eigenvalue weighted by Gasteiger charge is -2.26. The summed E-state index contributed by atoms with van der Waals surface area (Å²) in [4.78, 5) is 26.2. The summed E-state index contributed by atoms with van der Waals surface area (Å²) < 4.78 is 16.6. The number of ether oxygens (including phenoxy) is 3. The van der Waals surface area contributed by atoms with Crippen LogP contribution >= 0.6 is 0 Å². The van der Waals surface area contributed by atoms with Crippen LogP contribution in [0.1, 0.15) is 114 Å². The fourth-order valence-electron chi connectivity index (χ4n) is 7.16. The molecule has 0 radical (unpaired) electrons. The van der Waals surface area contributed by atoms with E-state index in [1.807, 2.05) is 57.2 Å². The van der Waals surface area contributed by atoms with Crippen LogP contribution in [-0.4, -0.2) is 31.8 Å². The Morgan fingerprint density at radius 1 is 0.791 bits per heavy atom. The summed E-state index contributed by atoms with van der Waals surface area (Å²) in [5.41, 5.74) is 9.84. The lowest BCUT2D eigenvalue weighted by atomic mass is 9.78. The van der Waals surface area contributed by atoms with Crippen molar-refractivity contribution in [2.45, 2.75) is 70.8 Å². The molecule has 6 rings (SSSR count). The number of hydrogen-bond acceptors (Lipinski definition) is 5. The van der Waals surface area contributed by atoms with Crippen LogP contribution in [0, 0.1) is 5.92 Å². The van der Waals surface area contributed by atoms with Gasteiger partial charge in [-0.1, -0.05) is 55.7 Å². The summed E-state index contributed by atoms with van der Waals surface area (Å²) in [5.74, 6) is 0.592. The molecule has 0 aromatic heterocycles. The van der Waals surface area contributed by atoms with E-state index in [4.69, 9.17) is 14.2 Å². The largest absolute Gasteiger partial charge is 0.497 e. The van der Waals surface area contributed by atoms with Gasteiger partial charge in [0.25, 0.3) is 0 Å². The van der Waals surface area contributed by atoms with Crippen molar-refractivity contribution in [3.05, 3.63) is 99.6 Å². The molecule has 1 atom stereocenters. The number of benzene rings is 3. The SMILES string of the molecule is COC(=O)c1ccccc1C1=Cc2cc(OC)ccc2C2=C(C3CCCCC3)c3ccc(C(=O)OC(C)(C)C)cc3C2C1. The van der Waals surface area contributed by atoms with Crippen LogP contribution in [0.3, 0.4) is 0 Å². The Kier molecular flexibility index (Phi) is 7.76. The second kappa shape index (κ2) is 11.5. The molecule has 0 amide bonds. The van der Waals surface area contributed by atoms with E-state index in [-0.39, 0.29) is 17.9 Å². The predicted molar refractivity (Wildman–Crippen MR) is 171 cm³/mol. The highest BCUT2D eigenvalue weighted by molar-refractivity contribution is 6.07. The average molecular weight is 577 g/mol. The van der Waals surface area contributed by atoms with Gasteiger partial charge in [0.15, 0.2) is 0 Å². The second-order valence-electron chi connectivity index (χ2n) is 12.9. The third kappa shape index (κ3) is 5.53. The number of carbonyl (C=O) groups is 2. The van der Waals surface area contributed by atoms with Crippen molar-refractivity contribution in [3.63, 3.8) is 0 Å². The molecule has 3 aliphatic carbocycles. The van der Waals surface area contributed by atoms with E-state index >= 15 is 0 Å². The monoisotopic (exact) mass is 576 g/mol. The first-order valence-corrected chi connectivity index (χ1v) is 15.4. The molecule has 43 heavy (non-hydrogen) atoms. The Hall–Kier alpha value is -4.12. The fraction of sp³-hybridized carbons (Fsp3) is 0.368. The van der Waals surface area contributed by atoms with Crippen LogP contribution < -0.4 is 4.74 Å². The summed E-state index contributed by atoms with van der Waals surface area (Å²) in [6.07, 6.45) is 8.94. The molecule has 0 N–H and O–H groups in total. The van der Waals surface area contributed by atoms with E-state index in [1.54, 1.807) is 7.11 Å². The summed E-state index contributed by atoms with van der Waals surface area (Å²) in [7, 11) is 3.11. The third-order valence-corrected chi connectivity index (χ3v) is 8.98. The zero-order valence-corrected chi connectivity index (χ0v) is 25.8. The zero-order valence-electron chi connectivity index (χ0n) is 25.8. The van der Waals surface area contributed by atoms with E-state index < -0.39 is 5.60 Å². The number of allylic oxidation sites excluding steroid dienone is 3. The van der Waals surface area contributed by atoms with Crippen molar-refractivity contribution < 1.29 is 23.8 Å². The number of fused-ring (bicyclic) bond motifs is 5. The summed E-state index contributed by atoms with van der Waals surface area (Å²) in [6.45, 7) is 5.68. The summed E-state index contributed by atoms with van der Waals surface area (Å²) >= 11 is 0. The van der Waals surface area contributed by atoms with Crippen molar-refractivity contribution in [1.29, 1.82) is 0 Å². The maximum atomic E-state index is 13.3. The van der Waals surface area contributed by atoms with Crippen molar-refractivity contribution in [2.75, 3.05) is 14.2 Å². The average Bonchev–Trinajstić information content (AvgIpc) is 3.22. The van der Waals surface area contributed by atoms with Gasteiger partial charge in [0.2, 0.25) is 0 Å². The first kappa shape index (κ1) is 29.0. The van der Waals surface area contributed by atoms with Crippen molar-refractivity contribution in [3.8, 4) is 5.75 Å². The number of rotatable bonds is 5. The first-order chi connectivity index (χ1) is 20.7. The van der Waals surface area contributed by atoms with Crippen LogP contribution in [0.25, 0.3) is 22.8 Å². The van der Waals surface area contributed by atoms with Gasteiger partial charge in [0, 0.05) is 5.92 Å². The fourth-order valence-corrected chi connectivity index (χ4v) is 7.16. The minimum atomic E-state index is -0.583. The Balaban J connectivity index is 1.58. The van der Waals surface area contributed by atoms with Crippen LogP contribution in [0.2, 0.25) is 0 Å². The third-order valence-electron chi connectivity index (χ3n) is 8.98. The van der Waals surface area contributed by atoms with Crippen LogP contribution in [0.15, 0.2) is 60.7 Å². The molecule has 3 aromatic carbocycles. The molecule has 1 saturated carbocycles. The lowest BCUT2D eigenvalue weighted by molar-refractivity contribution is 0.00691. The highest BCUT2D eigenvalue weighted by Gasteiger charge is 2.39. The smallest absolute Gasteiger partial charge is 0.338 e. The van der Waals surface area contributed by atoms with Crippen molar-refractivity contribution >= 4 is 34.7 Å². The number of hydrogen-bond donors (Lipinski definition) is 0. The molecule has 0 heterocycles. The molecule has 1 fully saturated rings. The van der Waals surface area contributed by atoms with E-state index in [0.29, 0.717) is 23.5 Å². The number of esters is 2. The molecule has 0 spiro atoms. The molecule has 5 nitrogen and oxygen atoms in total. The molecule has 5 heteroatoms. The van der Waals surface area contributed by atoms with Gasteiger partial charge in [0.05, 0.1) is 25.3 Å². The first-order valence-electron chi connectivity index (χ1n) is 15.4. The number of methoxy groups -OCH3 is 2. The Bertz CT molecular complexity index is 1640. The highest BCUT2D eigenvalue weighted by atomic mass is 16.6. The van der Waals surface area contributed by atoms with Crippen LogP contribution in [0.5, 0.6) is 5.75 Å². The Labute approximate surface area is 254 Å². The molecular weight excluding hydrogens is 536 g/mol. The molecule has 3 aliphatic rings. The topological polar surface area (TPSA) is 61.8 Å². The van der Waals surface area contributed by atoms with Gasteiger partial charge in [-0.05, 0) is 121 Å². The van der Waals surface area contributed by atoms with Crippen LogP contribution in [0.4, 0.5) is 0 Å². The van der Waals surface area contributed by atoms with Crippen molar-refractivity contribution in [1.82, 2.24) is 0 Å². The number of carbonyl (C=O) groups excluding carboxylic acids is 2. The van der Waals surface area contributed by atoms with Gasteiger partial charge < -0.3 is 14.2 Å².